The van der Waals surface area contributed by atoms with Gasteiger partial charge in [-0.1, -0.05) is 60.7 Å². The summed E-state index contributed by atoms with van der Waals surface area (Å²) in [7, 11) is 0. The Kier molecular flexibility index (Phi) is 5.10. The minimum atomic E-state index is -0.691. The van der Waals surface area contributed by atoms with Crippen LogP contribution in [0.2, 0.25) is 0 Å². The Morgan fingerprint density at radius 2 is 1.43 bits per heavy atom. The van der Waals surface area contributed by atoms with Crippen molar-refractivity contribution in [1.82, 2.24) is 5.32 Å². The summed E-state index contributed by atoms with van der Waals surface area (Å²) in [6.07, 6.45) is 0.635. The standard InChI is InChI=1S/C17H18N2O2/c18-17(21)15(11-13-7-3-1-4-8-13)19-16(20)12-14-9-5-2-6-10-14/h1-10,15H,11-12H2,(H2,18,21)(H,19,20). The summed E-state index contributed by atoms with van der Waals surface area (Å²) in [5.41, 5.74) is 7.23. The highest BCUT2D eigenvalue weighted by Gasteiger charge is 2.18. The number of carbonyl (C=O) groups excluding carboxylic acids is 2. The molecule has 0 aromatic heterocycles. The zero-order valence-electron chi connectivity index (χ0n) is 11.7. The van der Waals surface area contributed by atoms with Crippen molar-refractivity contribution >= 4 is 11.8 Å². The average molecular weight is 282 g/mol. The van der Waals surface area contributed by atoms with Crippen molar-refractivity contribution in [1.29, 1.82) is 0 Å². The number of hydrogen-bond donors (Lipinski definition) is 2. The van der Waals surface area contributed by atoms with E-state index in [4.69, 9.17) is 5.73 Å². The third-order valence-electron chi connectivity index (χ3n) is 3.17. The second-order valence-corrected chi connectivity index (χ2v) is 4.87. The van der Waals surface area contributed by atoms with Crippen LogP contribution in [0.25, 0.3) is 0 Å². The number of carbonyl (C=O) groups is 2. The van der Waals surface area contributed by atoms with Crippen LogP contribution in [0.15, 0.2) is 60.7 Å². The minimum absolute atomic E-state index is 0.207. The summed E-state index contributed by atoms with van der Waals surface area (Å²) in [5, 5.41) is 2.70. The Hall–Kier alpha value is -2.62. The van der Waals surface area contributed by atoms with E-state index >= 15 is 0 Å². The SMILES string of the molecule is NC(=O)C(Cc1ccccc1)NC(=O)Cc1ccccc1. The molecule has 2 rings (SSSR count). The van der Waals surface area contributed by atoms with Gasteiger partial charge >= 0.3 is 0 Å². The average Bonchev–Trinajstić information content (AvgIpc) is 2.48. The van der Waals surface area contributed by atoms with Gasteiger partial charge in [-0.25, -0.2) is 0 Å². The second kappa shape index (κ2) is 7.24. The van der Waals surface area contributed by atoms with E-state index in [9.17, 15) is 9.59 Å². The molecule has 4 heteroatoms. The predicted octanol–water partition coefficient (Wildman–Crippen LogP) is 1.44. The lowest BCUT2D eigenvalue weighted by Gasteiger charge is -2.15. The number of hydrogen-bond acceptors (Lipinski definition) is 2. The number of amides is 2. The van der Waals surface area contributed by atoms with Crippen molar-refractivity contribution in [3.63, 3.8) is 0 Å². The first-order chi connectivity index (χ1) is 10.1. The maximum absolute atomic E-state index is 12.0. The monoisotopic (exact) mass is 282 g/mol. The van der Waals surface area contributed by atoms with E-state index in [1.165, 1.54) is 0 Å². The van der Waals surface area contributed by atoms with Crippen LogP contribution in [0.1, 0.15) is 11.1 Å². The summed E-state index contributed by atoms with van der Waals surface area (Å²) in [6, 6.07) is 18.2. The Bertz CT molecular complexity index is 597. The lowest BCUT2D eigenvalue weighted by molar-refractivity contribution is -0.127. The molecule has 21 heavy (non-hydrogen) atoms. The molecule has 0 aliphatic carbocycles. The maximum atomic E-state index is 12.0. The molecule has 0 radical (unpaired) electrons. The van der Waals surface area contributed by atoms with E-state index in [2.05, 4.69) is 5.32 Å². The van der Waals surface area contributed by atoms with E-state index in [0.717, 1.165) is 11.1 Å². The fourth-order valence-electron chi connectivity index (χ4n) is 2.10. The molecule has 2 aromatic rings. The van der Waals surface area contributed by atoms with Crippen molar-refractivity contribution in [3.8, 4) is 0 Å². The fourth-order valence-corrected chi connectivity index (χ4v) is 2.10. The van der Waals surface area contributed by atoms with Gasteiger partial charge in [-0.05, 0) is 11.1 Å². The smallest absolute Gasteiger partial charge is 0.240 e. The largest absolute Gasteiger partial charge is 0.368 e. The van der Waals surface area contributed by atoms with E-state index in [-0.39, 0.29) is 12.3 Å². The molecule has 0 fully saturated rings. The molecular weight excluding hydrogens is 264 g/mol. The van der Waals surface area contributed by atoms with Gasteiger partial charge < -0.3 is 11.1 Å². The molecule has 1 unspecified atom stereocenters. The summed E-state index contributed by atoms with van der Waals surface area (Å²) in [4.78, 5) is 23.5. The third kappa shape index (κ3) is 4.76. The number of primary amides is 1. The first kappa shape index (κ1) is 14.8. The van der Waals surface area contributed by atoms with Gasteiger partial charge in [0.25, 0.3) is 0 Å². The Labute approximate surface area is 124 Å². The highest BCUT2D eigenvalue weighted by atomic mass is 16.2. The number of benzene rings is 2. The molecule has 0 bridgehead atoms. The summed E-state index contributed by atoms with van der Waals surface area (Å²) in [6.45, 7) is 0. The lowest BCUT2D eigenvalue weighted by atomic mass is 10.0. The Morgan fingerprint density at radius 1 is 0.905 bits per heavy atom. The molecular formula is C17H18N2O2. The third-order valence-corrected chi connectivity index (χ3v) is 3.17. The van der Waals surface area contributed by atoms with Gasteiger partial charge in [-0.3, -0.25) is 9.59 Å². The van der Waals surface area contributed by atoms with Crippen molar-refractivity contribution in [3.05, 3.63) is 71.8 Å². The zero-order chi connectivity index (χ0) is 15.1. The molecule has 0 aliphatic rings. The van der Waals surface area contributed by atoms with Crippen LogP contribution >= 0.6 is 0 Å². The Morgan fingerprint density at radius 3 is 1.95 bits per heavy atom. The molecule has 0 heterocycles. The van der Waals surface area contributed by atoms with Crippen LogP contribution in [0.5, 0.6) is 0 Å². The van der Waals surface area contributed by atoms with Crippen molar-refractivity contribution in [2.24, 2.45) is 5.73 Å². The molecule has 108 valence electrons. The zero-order valence-corrected chi connectivity index (χ0v) is 11.7. The van der Waals surface area contributed by atoms with Crippen LogP contribution < -0.4 is 11.1 Å². The predicted molar refractivity (Wildman–Crippen MR) is 81.4 cm³/mol. The van der Waals surface area contributed by atoms with E-state index < -0.39 is 11.9 Å². The molecule has 0 saturated heterocycles. The quantitative estimate of drug-likeness (QED) is 0.841. The summed E-state index contributed by atoms with van der Waals surface area (Å²) >= 11 is 0. The highest BCUT2D eigenvalue weighted by Crippen LogP contribution is 2.04. The number of nitrogens with one attached hydrogen (secondary N) is 1. The van der Waals surface area contributed by atoms with Crippen LogP contribution in [-0.4, -0.2) is 17.9 Å². The molecule has 3 N–H and O–H groups in total. The maximum Gasteiger partial charge on any atom is 0.240 e. The first-order valence-electron chi connectivity index (χ1n) is 6.81. The van der Waals surface area contributed by atoms with Gasteiger partial charge in [0.2, 0.25) is 11.8 Å². The van der Waals surface area contributed by atoms with E-state index in [1.54, 1.807) is 0 Å². The van der Waals surface area contributed by atoms with Gasteiger partial charge in [0.05, 0.1) is 6.42 Å². The van der Waals surface area contributed by atoms with Crippen LogP contribution in [-0.2, 0) is 22.4 Å². The second-order valence-electron chi connectivity index (χ2n) is 4.87. The molecule has 2 amide bonds. The van der Waals surface area contributed by atoms with Crippen molar-refractivity contribution < 1.29 is 9.59 Å². The van der Waals surface area contributed by atoms with Crippen LogP contribution in [0.4, 0.5) is 0 Å². The van der Waals surface area contributed by atoms with Gasteiger partial charge in [-0.2, -0.15) is 0 Å². The molecule has 4 nitrogen and oxygen atoms in total. The molecule has 0 saturated carbocycles. The topological polar surface area (TPSA) is 72.2 Å². The van der Waals surface area contributed by atoms with Gasteiger partial charge in [0.1, 0.15) is 6.04 Å². The van der Waals surface area contributed by atoms with E-state index in [0.29, 0.717) is 6.42 Å². The van der Waals surface area contributed by atoms with Crippen molar-refractivity contribution in [2.75, 3.05) is 0 Å². The minimum Gasteiger partial charge on any atom is -0.368 e. The fraction of sp³-hybridized carbons (Fsp3) is 0.176. The molecule has 0 aliphatic heterocycles. The van der Waals surface area contributed by atoms with Gasteiger partial charge in [0.15, 0.2) is 0 Å². The Balaban J connectivity index is 1.96. The van der Waals surface area contributed by atoms with Gasteiger partial charge in [-0.15, -0.1) is 0 Å². The van der Waals surface area contributed by atoms with Crippen LogP contribution in [0, 0.1) is 0 Å². The highest BCUT2D eigenvalue weighted by molar-refractivity contribution is 5.87. The molecule has 1 atom stereocenters. The number of nitrogens with two attached hydrogens (primary N) is 1. The summed E-state index contributed by atoms with van der Waals surface area (Å²) < 4.78 is 0. The molecule has 0 spiro atoms. The van der Waals surface area contributed by atoms with E-state index in [1.807, 2.05) is 60.7 Å². The summed E-state index contributed by atoms with van der Waals surface area (Å²) in [5.74, 6) is -0.735. The van der Waals surface area contributed by atoms with Crippen molar-refractivity contribution in [2.45, 2.75) is 18.9 Å². The van der Waals surface area contributed by atoms with Crippen LogP contribution in [0.3, 0.4) is 0 Å². The lowest BCUT2D eigenvalue weighted by Crippen LogP contribution is -2.46. The molecule has 2 aromatic carbocycles. The van der Waals surface area contributed by atoms with Gasteiger partial charge in [0, 0.05) is 6.42 Å². The normalized spacial score (nSPS) is 11.6. The first-order valence-corrected chi connectivity index (χ1v) is 6.81. The number of rotatable bonds is 6.